The van der Waals surface area contributed by atoms with Gasteiger partial charge in [0.15, 0.2) is 0 Å². The van der Waals surface area contributed by atoms with Crippen LogP contribution in [0.1, 0.15) is 11.1 Å². The van der Waals surface area contributed by atoms with Crippen LogP contribution in [-0.4, -0.2) is 9.78 Å². The molecule has 1 heterocycles. The Hall–Kier alpha value is -1.35. The number of benzene rings is 1. The van der Waals surface area contributed by atoms with E-state index in [0.717, 1.165) is 5.56 Å². The molecule has 2 rings (SSSR count). The Morgan fingerprint density at radius 3 is 2.80 bits per heavy atom. The molecule has 0 saturated heterocycles. The Morgan fingerprint density at radius 1 is 1.33 bits per heavy atom. The number of nitrogens with zero attached hydrogens (tertiary/aromatic N) is 2. The highest BCUT2D eigenvalue weighted by Gasteiger charge is 2.02. The Morgan fingerprint density at radius 2 is 2.13 bits per heavy atom. The lowest BCUT2D eigenvalue weighted by atomic mass is 10.2. The third-order valence-corrected chi connectivity index (χ3v) is 2.44. The Labute approximate surface area is 92.3 Å². The van der Waals surface area contributed by atoms with Crippen molar-refractivity contribution in [3.63, 3.8) is 0 Å². The summed E-state index contributed by atoms with van der Waals surface area (Å²) in [6, 6.07) is 6.68. The summed E-state index contributed by atoms with van der Waals surface area (Å²) in [5.74, 6) is 0.220. The van der Waals surface area contributed by atoms with Gasteiger partial charge in [0.25, 0.3) is 0 Å². The molecule has 78 valence electrons. The number of aromatic nitrogens is 2. The van der Waals surface area contributed by atoms with Crippen molar-refractivity contribution in [1.29, 1.82) is 0 Å². The molecule has 1 aromatic heterocycles. The number of alkyl halides is 1. The van der Waals surface area contributed by atoms with Crippen molar-refractivity contribution in [3.8, 4) is 0 Å². The molecule has 15 heavy (non-hydrogen) atoms. The standard InChI is InChI=1S/C11H10ClFN2/c12-5-9-6-14-15(7-9)8-10-3-1-2-4-11(10)13/h1-4,6-7H,5,8H2. The SMILES string of the molecule is Fc1ccccc1Cn1cc(CCl)cn1. The van der Waals surface area contributed by atoms with E-state index in [1.165, 1.54) is 6.07 Å². The quantitative estimate of drug-likeness (QED) is 0.734. The fourth-order valence-electron chi connectivity index (χ4n) is 1.36. The summed E-state index contributed by atoms with van der Waals surface area (Å²) in [7, 11) is 0. The first kappa shape index (κ1) is 10.2. The van der Waals surface area contributed by atoms with E-state index in [9.17, 15) is 4.39 Å². The predicted octanol–water partition coefficient (Wildman–Crippen LogP) is 2.81. The van der Waals surface area contributed by atoms with Crippen molar-refractivity contribution in [2.45, 2.75) is 12.4 Å². The van der Waals surface area contributed by atoms with E-state index in [4.69, 9.17) is 11.6 Å². The van der Waals surface area contributed by atoms with E-state index in [1.54, 1.807) is 23.0 Å². The maximum absolute atomic E-state index is 13.3. The van der Waals surface area contributed by atoms with Gasteiger partial charge in [0.1, 0.15) is 5.82 Å². The Balaban J connectivity index is 2.18. The van der Waals surface area contributed by atoms with Crippen LogP contribution >= 0.6 is 11.6 Å². The van der Waals surface area contributed by atoms with Crippen LogP contribution < -0.4 is 0 Å². The van der Waals surface area contributed by atoms with Gasteiger partial charge in [-0.2, -0.15) is 5.10 Å². The molecule has 0 N–H and O–H groups in total. The molecule has 0 saturated carbocycles. The molecule has 0 fully saturated rings. The van der Waals surface area contributed by atoms with Crippen molar-refractivity contribution in [3.05, 3.63) is 53.6 Å². The van der Waals surface area contributed by atoms with E-state index in [1.807, 2.05) is 12.3 Å². The molecule has 0 aliphatic heterocycles. The average Bonchev–Trinajstić information content (AvgIpc) is 2.69. The molecular formula is C11H10ClFN2. The zero-order chi connectivity index (χ0) is 10.7. The van der Waals surface area contributed by atoms with Crippen LogP contribution in [0.4, 0.5) is 4.39 Å². The summed E-state index contributed by atoms with van der Waals surface area (Å²) >= 11 is 5.65. The maximum Gasteiger partial charge on any atom is 0.128 e. The lowest BCUT2D eigenvalue weighted by Crippen LogP contribution is -2.01. The molecule has 0 amide bonds. The molecule has 0 unspecified atom stereocenters. The first-order chi connectivity index (χ1) is 7.29. The van der Waals surface area contributed by atoms with Gasteiger partial charge in [-0.25, -0.2) is 4.39 Å². The zero-order valence-corrected chi connectivity index (χ0v) is 8.78. The van der Waals surface area contributed by atoms with Crippen molar-refractivity contribution in [2.75, 3.05) is 0 Å². The van der Waals surface area contributed by atoms with E-state index in [2.05, 4.69) is 5.10 Å². The molecule has 4 heteroatoms. The topological polar surface area (TPSA) is 17.8 Å². The predicted molar refractivity (Wildman–Crippen MR) is 57.3 cm³/mol. The molecule has 2 nitrogen and oxygen atoms in total. The van der Waals surface area contributed by atoms with Crippen LogP contribution in [0, 0.1) is 5.82 Å². The molecule has 0 spiro atoms. The molecule has 0 bridgehead atoms. The number of hydrogen-bond acceptors (Lipinski definition) is 1. The summed E-state index contributed by atoms with van der Waals surface area (Å²) in [5, 5.41) is 4.09. The van der Waals surface area contributed by atoms with Gasteiger partial charge in [-0.15, -0.1) is 11.6 Å². The highest BCUT2D eigenvalue weighted by molar-refractivity contribution is 6.17. The zero-order valence-electron chi connectivity index (χ0n) is 8.03. The molecule has 0 atom stereocenters. The minimum absolute atomic E-state index is 0.208. The van der Waals surface area contributed by atoms with E-state index >= 15 is 0 Å². The fraction of sp³-hybridized carbons (Fsp3) is 0.182. The number of hydrogen-bond donors (Lipinski definition) is 0. The van der Waals surface area contributed by atoms with Crippen LogP contribution in [0.5, 0.6) is 0 Å². The van der Waals surface area contributed by atoms with Crippen molar-refractivity contribution in [1.82, 2.24) is 9.78 Å². The summed E-state index contributed by atoms with van der Waals surface area (Å²) in [5.41, 5.74) is 1.56. The monoisotopic (exact) mass is 224 g/mol. The molecular weight excluding hydrogens is 215 g/mol. The van der Waals surface area contributed by atoms with Gasteiger partial charge < -0.3 is 0 Å². The lowest BCUT2D eigenvalue weighted by Gasteiger charge is -2.02. The Bertz CT molecular complexity index is 453. The highest BCUT2D eigenvalue weighted by Crippen LogP contribution is 2.09. The van der Waals surface area contributed by atoms with Crippen LogP contribution in [0.25, 0.3) is 0 Å². The molecule has 2 aromatic rings. The van der Waals surface area contributed by atoms with Crippen molar-refractivity contribution in [2.24, 2.45) is 0 Å². The first-order valence-corrected chi connectivity index (χ1v) is 5.14. The van der Waals surface area contributed by atoms with Crippen molar-refractivity contribution < 1.29 is 4.39 Å². The third-order valence-electron chi connectivity index (χ3n) is 2.13. The van der Waals surface area contributed by atoms with Crippen molar-refractivity contribution >= 4 is 11.6 Å². The third kappa shape index (κ3) is 2.36. The molecule has 0 radical (unpaired) electrons. The van der Waals surface area contributed by atoms with Crippen LogP contribution in [0.15, 0.2) is 36.7 Å². The fourth-order valence-corrected chi connectivity index (χ4v) is 1.50. The van der Waals surface area contributed by atoms with E-state index < -0.39 is 0 Å². The van der Waals surface area contributed by atoms with Crippen LogP contribution in [0.2, 0.25) is 0 Å². The summed E-state index contributed by atoms with van der Waals surface area (Å²) in [6.45, 7) is 0.434. The molecule has 0 aliphatic rings. The second-order valence-corrected chi connectivity index (χ2v) is 3.54. The van der Waals surface area contributed by atoms with Gasteiger partial charge in [0.05, 0.1) is 18.6 Å². The van der Waals surface area contributed by atoms with Gasteiger partial charge >= 0.3 is 0 Å². The van der Waals surface area contributed by atoms with Gasteiger partial charge in [-0.1, -0.05) is 18.2 Å². The molecule has 0 aliphatic carbocycles. The first-order valence-electron chi connectivity index (χ1n) is 4.60. The number of halogens is 2. The minimum atomic E-state index is -0.208. The normalized spacial score (nSPS) is 10.5. The summed E-state index contributed by atoms with van der Waals surface area (Å²) < 4.78 is 15.0. The van der Waals surface area contributed by atoms with E-state index in [-0.39, 0.29) is 5.82 Å². The highest BCUT2D eigenvalue weighted by atomic mass is 35.5. The minimum Gasteiger partial charge on any atom is -0.268 e. The smallest absolute Gasteiger partial charge is 0.128 e. The maximum atomic E-state index is 13.3. The van der Waals surface area contributed by atoms with Crippen LogP contribution in [0.3, 0.4) is 0 Å². The van der Waals surface area contributed by atoms with E-state index in [0.29, 0.717) is 18.0 Å². The second kappa shape index (κ2) is 4.45. The molecule has 1 aromatic carbocycles. The summed E-state index contributed by atoms with van der Waals surface area (Å²) in [6.07, 6.45) is 3.51. The van der Waals surface area contributed by atoms with Gasteiger partial charge in [0.2, 0.25) is 0 Å². The van der Waals surface area contributed by atoms with Crippen LogP contribution in [-0.2, 0) is 12.4 Å². The number of rotatable bonds is 3. The van der Waals surface area contributed by atoms with Gasteiger partial charge in [0, 0.05) is 17.3 Å². The lowest BCUT2D eigenvalue weighted by molar-refractivity contribution is 0.585. The van der Waals surface area contributed by atoms with Gasteiger partial charge in [-0.3, -0.25) is 4.68 Å². The average molecular weight is 225 g/mol. The van der Waals surface area contributed by atoms with Gasteiger partial charge in [-0.05, 0) is 6.07 Å². The second-order valence-electron chi connectivity index (χ2n) is 3.27. The summed E-state index contributed by atoms with van der Waals surface area (Å²) in [4.78, 5) is 0. The largest absolute Gasteiger partial charge is 0.268 e. The Kier molecular flexibility index (Phi) is 3.02.